The summed E-state index contributed by atoms with van der Waals surface area (Å²) in [6.07, 6.45) is 4.15. The molecule has 0 bridgehead atoms. The Morgan fingerprint density at radius 3 is 2.17 bits per heavy atom. The average molecular weight is 416 g/mol. The van der Waals surface area contributed by atoms with Gasteiger partial charge in [0.15, 0.2) is 0 Å². The Morgan fingerprint density at radius 2 is 1.63 bits per heavy atom. The fourth-order valence-electron chi connectivity index (χ4n) is 3.90. The highest BCUT2D eigenvalue weighted by Gasteiger charge is 2.39. The number of alkyl carbamates (subject to hydrolysis) is 1. The van der Waals surface area contributed by atoms with E-state index in [9.17, 15) is 19.2 Å². The fraction of sp³-hybridized carbons (Fsp3) is 0.545. The van der Waals surface area contributed by atoms with Crippen LogP contribution >= 0.6 is 0 Å². The van der Waals surface area contributed by atoms with E-state index in [1.54, 1.807) is 32.9 Å². The van der Waals surface area contributed by atoms with Crippen molar-refractivity contribution in [3.63, 3.8) is 0 Å². The monoisotopic (exact) mass is 416 g/mol. The molecule has 1 saturated carbocycles. The van der Waals surface area contributed by atoms with Crippen molar-refractivity contribution in [1.82, 2.24) is 10.4 Å². The van der Waals surface area contributed by atoms with Gasteiger partial charge in [-0.3, -0.25) is 9.59 Å². The molecule has 8 nitrogen and oxygen atoms in total. The van der Waals surface area contributed by atoms with Crippen LogP contribution in [0.1, 0.15) is 80.0 Å². The van der Waals surface area contributed by atoms with E-state index in [4.69, 9.17) is 9.57 Å². The first-order valence-corrected chi connectivity index (χ1v) is 10.3. The highest BCUT2D eigenvalue weighted by atomic mass is 16.7. The predicted molar refractivity (Wildman–Crippen MR) is 107 cm³/mol. The standard InChI is InChI=1S/C22H28N2O6/c1-22(2,3)29-21(28)23-17(14-9-5-4-6-10-14)13-18(25)30-24-19(26)15-11-7-8-12-16(15)20(24)27/h7-8,11-12,14,17H,4-6,9-10,13H2,1-3H3,(H,23,28)/t17-/m1/s1. The molecule has 2 aliphatic rings. The Kier molecular flexibility index (Phi) is 6.43. The number of nitrogens with zero attached hydrogens (tertiary/aromatic N) is 1. The van der Waals surface area contributed by atoms with Gasteiger partial charge >= 0.3 is 12.1 Å². The van der Waals surface area contributed by atoms with E-state index in [1.165, 1.54) is 12.1 Å². The molecule has 1 fully saturated rings. The number of amides is 3. The Labute approximate surface area is 175 Å². The Morgan fingerprint density at radius 1 is 1.07 bits per heavy atom. The first kappa shape index (κ1) is 21.8. The Hall–Kier alpha value is -2.90. The molecule has 0 saturated heterocycles. The summed E-state index contributed by atoms with van der Waals surface area (Å²) in [5, 5.41) is 3.29. The van der Waals surface area contributed by atoms with Gasteiger partial charge in [0, 0.05) is 6.04 Å². The second-order valence-corrected chi connectivity index (χ2v) is 8.77. The first-order chi connectivity index (χ1) is 14.2. The number of nitrogens with one attached hydrogen (secondary N) is 1. The molecule has 1 aromatic carbocycles. The number of benzene rings is 1. The van der Waals surface area contributed by atoms with Crippen molar-refractivity contribution in [2.24, 2.45) is 5.92 Å². The summed E-state index contributed by atoms with van der Waals surface area (Å²) in [6, 6.07) is 5.80. The van der Waals surface area contributed by atoms with E-state index in [1.807, 2.05) is 0 Å². The molecule has 0 radical (unpaired) electrons. The molecular weight excluding hydrogens is 388 g/mol. The molecule has 0 spiro atoms. The first-order valence-electron chi connectivity index (χ1n) is 10.3. The highest BCUT2D eigenvalue weighted by molar-refractivity contribution is 6.20. The zero-order chi connectivity index (χ0) is 21.9. The van der Waals surface area contributed by atoms with Crippen molar-refractivity contribution < 1.29 is 28.8 Å². The van der Waals surface area contributed by atoms with Crippen LogP contribution < -0.4 is 5.32 Å². The van der Waals surface area contributed by atoms with Gasteiger partial charge in [0.25, 0.3) is 11.8 Å². The minimum Gasteiger partial charge on any atom is -0.444 e. The van der Waals surface area contributed by atoms with Gasteiger partial charge in [-0.1, -0.05) is 36.5 Å². The van der Waals surface area contributed by atoms with E-state index in [0.717, 1.165) is 32.1 Å². The molecule has 0 aromatic heterocycles. The SMILES string of the molecule is CC(C)(C)OC(=O)N[C@H](CC(=O)ON1C(=O)c2ccccc2C1=O)C1CCCCC1. The van der Waals surface area contributed by atoms with Crippen LogP contribution in [0.4, 0.5) is 4.79 Å². The maximum absolute atomic E-state index is 12.6. The summed E-state index contributed by atoms with van der Waals surface area (Å²) in [5.41, 5.74) is -0.265. The fourth-order valence-corrected chi connectivity index (χ4v) is 3.90. The summed E-state index contributed by atoms with van der Waals surface area (Å²) < 4.78 is 5.33. The van der Waals surface area contributed by atoms with Gasteiger partial charge in [0.05, 0.1) is 17.5 Å². The highest BCUT2D eigenvalue weighted by Crippen LogP contribution is 2.29. The van der Waals surface area contributed by atoms with Crippen LogP contribution in [0.2, 0.25) is 0 Å². The van der Waals surface area contributed by atoms with Crippen LogP contribution in [0.25, 0.3) is 0 Å². The average Bonchev–Trinajstić information content (AvgIpc) is 2.92. The van der Waals surface area contributed by atoms with Crippen molar-refractivity contribution in [2.75, 3.05) is 0 Å². The molecule has 1 aliphatic heterocycles. The van der Waals surface area contributed by atoms with Crippen molar-refractivity contribution >= 4 is 23.9 Å². The number of hydrogen-bond acceptors (Lipinski definition) is 6. The van der Waals surface area contributed by atoms with Gasteiger partial charge in [0.2, 0.25) is 0 Å². The lowest BCUT2D eigenvalue weighted by molar-refractivity contribution is -0.169. The zero-order valence-corrected chi connectivity index (χ0v) is 17.6. The zero-order valence-electron chi connectivity index (χ0n) is 17.6. The number of ether oxygens (including phenoxy) is 1. The lowest BCUT2D eigenvalue weighted by atomic mass is 9.82. The molecule has 3 rings (SSSR count). The second kappa shape index (κ2) is 8.85. The molecule has 8 heteroatoms. The van der Waals surface area contributed by atoms with Gasteiger partial charge in [-0.2, -0.15) is 0 Å². The van der Waals surface area contributed by atoms with Crippen molar-refractivity contribution in [3.8, 4) is 0 Å². The van der Waals surface area contributed by atoms with E-state index in [-0.39, 0.29) is 23.5 Å². The van der Waals surface area contributed by atoms with Gasteiger partial charge in [-0.05, 0) is 51.7 Å². The van der Waals surface area contributed by atoms with Crippen LogP contribution in [-0.2, 0) is 14.4 Å². The maximum atomic E-state index is 12.6. The lowest BCUT2D eigenvalue weighted by Crippen LogP contribution is -2.45. The Bertz CT molecular complexity index is 803. The van der Waals surface area contributed by atoms with Crippen LogP contribution in [-0.4, -0.2) is 40.6 Å². The van der Waals surface area contributed by atoms with Gasteiger partial charge in [0.1, 0.15) is 5.60 Å². The van der Waals surface area contributed by atoms with Crippen molar-refractivity contribution in [2.45, 2.75) is 70.9 Å². The van der Waals surface area contributed by atoms with E-state index in [0.29, 0.717) is 5.06 Å². The lowest BCUT2D eigenvalue weighted by Gasteiger charge is -2.31. The summed E-state index contributed by atoms with van der Waals surface area (Å²) in [4.78, 5) is 54.8. The third-order valence-electron chi connectivity index (χ3n) is 5.26. The number of hydroxylamine groups is 2. The molecule has 162 valence electrons. The summed E-state index contributed by atoms with van der Waals surface area (Å²) in [6.45, 7) is 5.29. The second-order valence-electron chi connectivity index (χ2n) is 8.77. The topological polar surface area (TPSA) is 102 Å². The van der Waals surface area contributed by atoms with Crippen LogP contribution in [0.15, 0.2) is 24.3 Å². The number of fused-ring (bicyclic) bond motifs is 1. The molecule has 1 heterocycles. The quantitative estimate of drug-likeness (QED) is 0.736. The summed E-state index contributed by atoms with van der Waals surface area (Å²) in [7, 11) is 0. The summed E-state index contributed by atoms with van der Waals surface area (Å²) >= 11 is 0. The minimum atomic E-state index is -0.754. The maximum Gasteiger partial charge on any atom is 0.407 e. The molecular formula is C22H28N2O6. The number of hydrogen-bond donors (Lipinski definition) is 1. The van der Waals surface area contributed by atoms with Crippen LogP contribution in [0, 0.1) is 5.92 Å². The van der Waals surface area contributed by atoms with Crippen molar-refractivity contribution in [3.05, 3.63) is 35.4 Å². The minimum absolute atomic E-state index is 0.0981. The molecule has 1 aromatic rings. The number of carbonyl (C=O) groups is 4. The number of imide groups is 1. The van der Waals surface area contributed by atoms with Gasteiger partial charge < -0.3 is 14.9 Å². The molecule has 0 unspecified atom stereocenters. The van der Waals surface area contributed by atoms with E-state index in [2.05, 4.69) is 5.32 Å². The smallest absolute Gasteiger partial charge is 0.407 e. The molecule has 1 atom stereocenters. The molecule has 3 amide bonds. The molecule has 30 heavy (non-hydrogen) atoms. The number of carbonyl (C=O) groups excluding carboxylic acids is 4. The molecule has 1 N–H and O–H groups in total. The van der Waals surface area contributed by atoms with Crippen molar-refractivity contribution in [1.29, 1.82) is 0 Å². The van der Waals surface area contributed by atoms with Crippen LogP contribution in [0.3, 0.4) is 0 Å². The normalized spacial score (nSPS) is 18.0. The third-order valence-corrected chi connectivity index (χ3v) is 5.26. The molecule has 1 aliphatic carbocycles. The van der Waals surface area contributed by atoms with Gasteiger partial charge in [-0.25, -0.2) is 9.59 Å². The van der Waals surface area contributed by atoms with E-state index >= 15 is 0 Å². The predicted octanol–water partition coefficient (Wildman–Crippen LogP) is 3.60. The largest absolute Gasteiger partial charge is 0.444 e. The third kappa shape index (κ3) is 5.17. The van der Waals surface area contributed by atoms with Crippen LogP contribution in [0.5, 0.6) is 0 Å². The van der Waals surface area contributed by atoms with Gasteiger partial charge in [-0.15, -0.1) is 0 Å². The van der Waals surface area contributed by atoms with E-state index < -0.39 is 35.5 Å². The summed E-state index contributed by atoms with van der Waals surface area (Å²) in [5.74, 6) is -1.99. The number of rotatable bonds is 5. The Balaban J connectivity index is 1.66.